The van der Waals surface area contributed by atoms with Gasteiger partial charge in [-0.3, -0.25) is 0 Å². The van der Waals surface area contributed by atoms with Gasteiger partial charge in [-0.2, -0.15) is 12.6 Å². The first-order valence-corrected chi connectivity index (χ1v) is 7.34. The first-order valence-electron chi connectivity index (χ1n) is 6.71. The fourth-order valence-corrected chi connectivity index (χ4v) is 2.78. The largest absolute Gasteiger partial charge is 0.313 e. The van der Waals surface area contributed by atoms with Crippen molar-refractivity contribution < 1.29 is 0 Å². The molecule has 1 aromatic carbocycles. The lowest BCUT2D eigenvalue weighted by molar-refractivity contribution is 0.567. The molecule has 0 radical (unpaired) electrons. The monoisotopic (exact) mass is 265 g/mol. The van der Waals surface area contributed by atoms with Crippen molar-refractivity contribution in [2.45, 2.75) is 52.5 Å². The van der Waals surface area contributed by atoms with Gasteiger partial charge in [-0.15, -0.1) is 0 Å². The molecule has 1 atom stereocenters. The van der Waals surface area contributed by atoms with Crippen LogP contribution in [0.4, 0.5) is 0 Å². The summed E-state index contributed by atoms with van der Waals surface area (Å²) in [4.78, 5) is 0. The van der Waals surface area contributed by atoms with E-state index in [0.29, 0.717) is 6.04 Å². The Morgan fingerprint density at radius 2 is 1.67 bits per heavy atom. The SMILES string of the molecule is CNC(CCS)c1c(C)cc(C(C)(C)C)cc1C. The summed E-state index contributed by atoms with van der Waals surface area (Å²) in [6.07, 6.45) is 1.07. The molecule has 0 saturated carbocycles. The summed E-state index contributed by atoms with van der Waals surface area (Å²) >= 11 is 4.36. The van der Waals surface area contributed by atoms with E-state index >= 15 is 0 Å². The lowest BCUT2D eigenvalue weighted by Crippen LogP contribution is -2.20. The predicted octanol–water partition coefficient (Wildman–Crippen LogP) is 4.18. The van der Waals surface area contributed by atoms with Crippen molar-refractivity contribution in [3.8, 4) is 0 Å². The maximum absolute atomic E-state index is 4.36. The molecule has 0 amide bonds. The molecule has 1 nitrogen and oxygen atoms in total. The lowest BCUT2D eigenvalue weighted by Gasteiger charge is -2.25. The summed E-state index contributed by atoms with van der Waals surface area (Å²) in [5.74, 6) is 0.908. The van der Waals surface area contributed by atoms with Crippen LogP contribution in [0.2, 0.25) is 0 Å². The molecule has 0 heterocycles. The molecule has 0 aliphatic heterocycles. The number of thiol groups is 1. The number of benzene rings is 1. The quantitative estimate of drug-likeness (QED) is 0.778. The average Bonchev–Trinajstić information content (AvgIpc) is 2.25. The number of nitrogens with one attached hydrogen (secondary N) is 1. The molecule has 0 fully saturated rings. The summed E-state index contributed by atoms with van der Waals surface area (Å²) in [7, 11) is 2.03. The van der Waals surface area contributed by atoms with Crippen molar-refractivity contribution in [3.05, 3.63) is 34.4 Å². The minimum absolute atomic E-state index is 0.215. The fourth-order valence-electron chi connectivity index (χ4n) is 2.52. The molecule has 102 valence electrons. The smallest absolute Gasteiger partial charge is 0.0330 e. The van der Waals surface area contributed by atoms with Gasteiger partial charge in [0.2, 0.25) is 0 Å². The summed E-state index contributed by atoms with van der Waals surface area (Å²) in [6.45, 7) is 11.2. The molecule has 1 rings (SSSR count). The van der Waals surface area contributed by atoms with Gasteiger partial charge < -0.3 is 5.32 Å². The van der Waals surface area contributed by atoms with Crippen LogP contribution in [0, 0.1) is 13.8 Å². The van der Waals surface area contributed by atoms with Gasteiger partial charge >= 0.3 is 0 Å². The highest BCUT2D eigenvalue weighted by molar-refractivity contribution is 7.80. The highest BCUT2D eigenvalue weighted by Crippen LogP contribution is 2.30. The standard InChI is InChI=1S/C16H27NS/c1-11-9-13(16(3,4)5)10-12(2)15(11)14(17-6)7-8-18/h9-10,14,17-18H,7-8H2,1-6H3. The van der Waals surface area contributed by atoms with Crippen LogP contribution < -0.4 is 5.32 Å². The zero-order valence-corrected chi connectivity index (χ0v) is 13.5. The second-order valence-electron chi connectivity index (χ2n) is 6.13. The van der Waals surface area contributed by atoms with Crippen LogP contribution in [0.15, 0.2) is 12.1 Å². The zero-order chi connectivity index (χ0) is 13.9. The average molecular weight is 265 g/mol. The van der Waals surface area contributed by atoms with Crippen molar-refractivity contribution in [1.29, 1.82) is 0 Å². The van der Waals surface area contributed by atoms with Crippen LogP contribution in [0.1, 0.15) is 55.5 Å². The molecule has 0 spiro atoms. The number of rotatable bonds is 4. The van der Waals surface area contributed by atoms with Crippen molar-refractivity contribution in [2.24, 2.45) is 0 Å². The van der Waals surface area contributed by atoms with Gasteiger partial charge in [0.15, 0.2) is 0 Å². The van der Waals surface area contributed by atoms with Gasteiger partial charge in [0.05, 0.1) is 0 Å². The van der Waals surface area contributed by atoms with Crippen molar-refractivity contribution in [1.82, 2.24) is 5.32 Å². The summed E-state index contributed by atoms with van der Waals surface area (Å²) in [6, 6.07) is 5.09. The number of hydrogen-bond donors (Lipinski definition) is 2. The Morgan fingerprint density at radius 1 is 1.17 bits per heavy atom. The Hall–Kier alpha value is -0.470. The third-order valence-electron chi connectivity index (χ3n) is 3.57. The highest BCUT2D eigenvalue weighted by atomic mass is 32.1. The number of aryl methyl sites for hydroxylation is 2. The van der Waals surface area contributed by atoms with E-state index in [1.165, 1.54) is 22.3 Å². The molecule has 0 bridgehead atoms. The first kappa shape index (κ1) is 15.6. The third-order valence-corrected chi connectivity index (χ3v) is 3.83. The summed E-state index contributed by atoms with van der Waals surface area (Å²) in [5.41, 5.74) is 5.86. The van der Waals surface area contributed by atoms with Crippen LogP contribution >= 0.6 is 12.6 Å². The number of hydrogen-bond acceptors (Lipinski definition) is 2. The second kappa shape index (κ2) is 6.12. The third kappa shape index (κ3) is 3.52. The molecular formula is C16H27NS. The van der Waals surface area contributed by atoms with Gasteiger partial charge in [-0.05, 0) is 60.7 Å². The van der Waals surface area contributed by atoms with E-state index in [2.05, 4.69) is 64.7 Å². The summed E-state index contributed by atoms with van der Waals surface area (Å²) < 4.78 is 0. The van der Waals surface area contributed by atoms with E-state index in [1.807, 2.05) is 7.05 Å². The van der Waals surface area contributed by atoms with Crippen LogP contribution in [0.5, 0.6) is 0 Å². The molecule has 1 aromatic rings. The summed E-state index contributed by atoms with van der Waals surface area (Å²) in [5, 5.41) is 3.41. The Bertz CT molecular complexity index is 381. The van der Waals surface area contributed by atoms with Gasteiger partial charge in [0.1, 0.15) is 0 Å². The Balaban J connectivity index is 3.23. The van der Waals surface area contributed by atoms with E-state index in [9.17, 15) is 0 Å². The molecule has 0 saturated heterocycles. The van der Waals surface area contributed by atoms with Crippen LogP contribution in [-0.4, -0.2) is 12.8 Å². The normalized spacial score (nSPS) is 13.7. The van der Waals surface area contributed by atoms with Crippen molar-refractivity contribution in [3.63, 3.8) is 0 Å². The van der Waals surface area contributed by atoms with Crippen LogP contribution in [-0.2, 0) is 5.41 Å². The Morgan fingerprint density at radius 3 is 2.00 bits per heavy atom. The van der Waals surface area contributed by atoms with Gasteiger partial charge in [0.25, 0.3) is 0 Å². The maximum atomic E-state index is 4.36. The van der Waals surface area contributed by atoms with E-state index in [0.717, 1.165) is 12.2 Å². The van der Waals surface area contributed by atoms with Gasteiger partial charge in [-0.25, -0.2) is 0 Å². The predicted molar refractivity (Wildman–Crippen MR) is 84.9 cm³/mol. The van der Waals surface area contributed by atoms with E-state index in [4.69, 9.17) is 0 Å². The first-order chi connectivity index (χ1) is 8.31. The van der Waals surface area contributed by atoms with E-state index in [1.54, 1.807) is 0 Å². The maximum Gasteiger partial charge on any atom is 0.0330 e. The van der Waals surface area contributed by atoms with Gasteiger partial charge in [0, 0.05) is 6.04 Å². The molecule has 1 unspecified atom stereocenters. The van der Waals surface area contributed by atoms with Crippen molar-refractivity contribution in [2.75, 3.05) is 12.8 Å². The van der Waals surface area contributed by atoms with E-state index in [-0.39, 0.29) is 5.41 Å². The van der Waals surface area contributed by atoms with Crippen molar-refractivity contribution >= 4 is 12.6 Å². The fraction of sp³-hybridized carbons (Fsp3) is 0.625. The molecule has 2 heteroatoms. The Labute approximate surface area is 118 Å². The minimum Gasteiger partial charge on any atom is -0.313 e. The molecule has 1 N–H and O–H groups in total. The van der Waals surface area contributed by atoms with Crippen LogP contribution in [0.3, 0.4) is 0 Å². The molecule has 0 aliphatic carbocycles. The molecule has 18 heavy (non-hydrogen) atoms. The molecular weight excluding hydrogens is 238 g/mol. The Kier molecular flexibility index (Phi) is 5.30. The zero-order valence-electron chi connectivity index (χ0n) is 12.6. The molecule has 0 aliphatic rings. The minimum atomic E-state index is 0.215. The second-order valence-corrected chi connectivity index (χ2v) is 6.57. The van der Waals surface area contributed by atoms with E-state index < -0.39 is 0 Å². The topological polar surface area (TPSA) is 12.0 Å². The lowest BCUT2D eigenvalue weighted by atomic mass is 9.82. The van der Waals surface area contributed by atoms with Gasteiger partial charge in [-0.1, -0.05) is 32.9 Å². The molecule has 0 aromatic heterocycles. The van der Waals surface area contributed by atoms with Crippen LogP contribution in [0.25, 0.3) is 0 Å². The highest BCUT2D eigenvalue weighted by Gasteiger charge is 2.19.